The van der Waals surface area contributed by atoms with E-state index in [0.29, 0.717) is 6.42 Å². The third-order valence-corrected chi connectivity index (χ3v) is 3.55. The molecule has 1 amide bonds. The molecule has 7 nitrogen and oxygen atoms in total. The molecule has 0 spiro atoms. The highest BCUT2D eigenvalue weighted by molar-refractivity contribution is 7.85. The molecule has 0 bridgehead atoms. The number of carboxylic acid groups (broad SMARTS) is 1. The first-order valence-corrected chi connectivity index (χ1v) is 7.90. The summed E-state index contributed by atoms with van der Waals surface area (Å²) in [6, 6.07) is 0. The molecule has 8 heteroatoms. The molecule has 118 valence electrons. The predicted octanol–water partition coefficient (Wildman–Crippen LogP) is 0.764. The minimum Gasteiger partial charge on any atom is -0.481 e. The van der Waals surface area contributed by atoms with Gasteiger partial charge in [0, 0.05) is 12.5 Å². The summed E-state index contributed by atoms with van der Waals surface area (Å²) in [7, 11) is -4.14. The first kappa shape index (κ1) is 18.9. The van der Waals surface area contributed by atoms with E-state index in [1.807, 2.05) is 20.8 Å². The number of hydrogen-bond acceptors (Lipinski definition) is 4. The third-order valence-electron chi connectivity index (χ3n) is 2.83. The van der Waals surface area contributed by atoms with Crippen molar-refractivity contribution in [1.82, 2.24) is 5.32 Å². The summed E-state index contributed by atoms with van der Waals surface area (Å²) in [5.41, 5.74) is -0.244. The van der Waals surface area contributed by atoms with Gasteiger partial charge in [0.15, 0.2) is 0 Å². The van der Waals surface area contributed by atoms with Crippen LogP contribution in [-0.4, -0.2) is 42.3 Å². The van der Waals surface area contributed by atoms with Crippen LogP contribution in [0.4, 0.5) is 0 Å². The molecule has 3 N–H and O–H groups in total. The van der Waals surface area contributed by atoms with E-state index in [0.717, 1.165) is 0 Å². The van der Waals surface area contributed by atoms with Gasteiger partial charge in [-0.2, -0.15) is 8.42 Å². The Hall–Kier alpha value is -1.15. The molecule has 0 heterocycles. The molecule has 0 aliphatic rings. The van der Waals surface area contributed by atoms with Gasteiger partial charge in [-0.1, -0.05) is 27.7 Å². The molecule has 0 aromatic rings. The monoisotopic (exact) mass is 309 g/mol. The Morgan fingerprint density at radius 3 is 2.10 bits per heavy atom. The quantitative estimate of drug-likeness (QED) is 0.597. The lowest BCUT2D eigenvalue weighted by Crippen LogP contribution is -2.39. The van der Waals surface area contributed by atoms with Gasteiger partial charge in [-0.05, 0) is 11.8 Å². The van der Waals surface area contributed by atoms with Crippen molar-refractivity contribution in [3.05, 3.63) is 0 Å². The number of amides is 1. The molecular formula is C12H23NO6S. The second-order valence-electron chi connectivity index (χ2n) is 6.08. The van der Waals surface area contributed by atoms with Crippen LogP contribution in [0, 0.1) is 17.3 Å². The maximum absolute atomic E-state index is 11.8. The Morgan fingerprint density at radius 1 is 1.25 bits per heavy atom. The van der Waals surface area contributed by atoms with Gasteiger partial charge in [0.2, 0.25) is 5.91 Å². The number of carboxylic acids is 1. The normalized spacial score (nSPS) is 15.4. The van der Waals surface area contributed by atoms with Gasteiger partial charge in [-0.3, -0.25) is 14.1 Å². The predicted molar refractivity (Wildman–Crippen MR) is 73.8 cm³/mol. The van der Waals surface area contributed by atoms with Crippen molar-refractivity contribution >= 4 is 22.0 Å². The second kappa shape index (κ2) is 7.03. The average molecular weight is 309 g/mol. The van der Waals surface area contributed by atoms with E-state index in [-0.39, 0.29) is 12.0 Å². The van der Waals surface area contributed by atoms with E-state index in [1.165, 1.54) is 6.92 Å². The molecule has 0 saturated carbocycles. The lowest BCUT2D eigenvalue weighted by molar-refractivity contribution is -0.148. The summed E-state index contributed by atoms with van der Waals surface area (Å²) in [4.78, 5) is 23.1. The minimum atomic E-state index is -4.14. The number of nitrogens with one attached hydrogen (secondary N) is 1. The maximum Gasteiger partial charge on any atom is 0.307 e. The molecule has 0 fully saturated rings. The maximum atomic E-state index is 11.8. The zero-order valence-corrected chi connectivity index (χ0v) is 13.0. The van der Waals surface area contributed by atoms with Crippen molar-refractivity contribution in [3.63, 3.8) is 0 Å². The third kappa shape index (κ3) is 8.11. The van der Waals surface area contributed by atoms with Crippen LogP contribution in [0.15, 0.2) is 0 Å². The average Bonchev–Trinajstić information content (AvgIpc) is 2.21. The van der Waals surface area contributed by atoms with E-state index in [4.69, 9.17) is 4.55 Å². The molecule has 0 aromatic heterocycles. The lowest BCUT2D eigenvalue weighted by Gasteiger charge is -2.26. The second-order valence-corrected chi connectivity index (χ2v) is 7.65. The van der Waals surface area contributed by atoms with E-state index < -0.39 is 39.6 Å². The van der Waals surface area contributed by atoms with Crippen LogP contribution in [0.1, 0.15) is 34.1 Å². The lowest BCUT2D eigenvalue weighted by atomic mass is 9.79. The smallest absolute Gasteiger partial charge is 0.307 e. The number of carbonyl (C=O) groups is 2. The van der Waals surface area contributed by atoms with Gasteiger partial charge in [0.1, 0.15) is 0 Å². The number of carbonyl (C=O) groups excluding carboxylic acids is 1. The Kier molecular flexibility index (Phi) is 6.63. The van der Waals surface area contributed by atoms with Crippen LogP contribution in [0.2, 0.25) is 0 Å². The van der Waals surface area contributed by atoms with Crippen molar-refractivity contribution < 1.29 is 27.7 Å². The van der Waals surface area contributed by atoms with Crippen molar-refractivity contribution in [2.45, 2.75) is 34.1 Å². The zero-order valence-electron chi connectivity index (χ0n) is 12.2. The first-order valence-electron chi connectivity index (χ1n) is 6.29. The Balaban J connectivity index is 4.62. The fourth-order valence-electron chi connectivity index (χ4n) is 1.78. The van der Waals surface area contributed by atoms with Crippen LogP contribution in [0.25, 0.3) is 0 Å². The summed E-state index contributed by atoms with van der Waals surface area (Å²) >= 11 is 0. The first-order chi connectivity index (χ1) is 8.83. The number of aliphatic carboxylic acids is 1. The summed E-state index contributed by atoms with van der Waals surface area (Å²) in [5.74, 6) is -3.82. The van der Waals surface area contributed by atoms with Crippen molar-refractivity contribution in [1.29, 1.82) is 0 Å². The molecule has 0 radical (unpaired) electrons. The Morgan fingerprint density at radius 2 is 1.75 bits per heavy atom. The molecule has 0 aliphatic carbocycles. The van der Waals surface area contributed by atoms with Gasteiger partial charge in [-0.25, -0.2) is 0 Å². The van der Waals surface area contributed by atoms with Crippen LogP contribution >= 0.6 is 0 Å². The number of rotatable bonds is 7. The van der Waals surface area contributed by atoms with Crippen LogP contribution in [0.5, 0.6) is 0 Å². The van der Waals surface area contributed by atoms with E-state index in [1.54, 1.807) is 0 Å². The van der Waals surface area contributed by atoms with E-state index >= 15 is 0 Å². The number of hydrogen-bond donors (Lipinski definition) is 3. The SMILES string of the molecule is CC(C(=O)NCCS(=O)(=O)O)C(CC(C)(C)C)C(=O)O. The van der Waals surface area contributed by atoms with Gasteiger partial charge in [0.05, 0.1) is 11.7 Å². The van der Waals surface area contributed by atoms with Gasteiger partial charge < -0.3 is 10.4 Å². The summed E-state index contributed by atoms with van der Waals surface area (Å²) in [6.07, 6.45) is 0.329. The molecule has 2 atom stereocenters. The van der Waals surface area contributed by atoms with Gasteiger partial charge in [0.25, 0.3) is 10.1 Å². The fraction of sp³-hybridized carbons (Fsp3) is 0.833. The molecule has 0 saturated heterocycles. The van der Waals surface area contributed by atoms with E-state index in [9.17, 15) is 23.1 Å². The molecule has 0 aromatic carbocycles. The summed E-state index contributed by atoms with van der Waals surface area (Å²) in [6.45, 7) is 6.89. The Labute approximate surface area is 119 Å². The van der Waals surface area contributed by atoms with Crippen molar-refractivity contribution in [3.8, 4) is 0 Å². The van der Waals surface area contributed by atoms with Crippen LogP contribution in [0.3, 0.4) is 0 Å². The highest BCUT2D eigenvalue weighted by Crippen LogP contribution is 2.29. The van der Waals surface area contributed by atoms with Gasteiger partial charge in [-0.15, -0.1) is 0 Å². The Bertz CT molecular complexity index is 451. The van der Waals surface area contributed by atoms with Crippen molar-refractivity contribution in [2.75, 3.05) is 12.3 Å². The molecule has 0 rings (SSSR count). The van der Waals surface area contributed by atoms with Crippen LogP contribution in [-0.2, 0) is 19.7 Å². The van der Waals surface area contributed by atoms with Crippen molar-refractivity contribution in [2.24, 2.45) is 17.3 Å². The molecule has 0 aliphatic heterocycles. The fourth-order valence-corrected chi connectivity index (χ4v) is 2.14. The summed E-state index contributed by atoms with van der Waals surface area (Å²) in [5, 5.41) is 11.5. The largest absolute Gasteiger partial charge is 0.481 e. The van der Waals surface area contributed by atoms with E-state index in [2.05, 4.69) is 5.32 Å². The standard InChI is InChI=1S/C12H23NO6S/c1-8(9(11(15)16)7-12(2,3)4)10(14)13-5-6-20(17,18)19/h8-9H,5-7H2,1-4H3,(H,13,14)(H,15,16)(H,17,18,19). The highest BCUT2D eigenvalue weighted by Gasteiger charge is 2.33. The minimum absolute atomic E-state index is 0.244. The molecule has 20 heavy (non-hydrogen) atoms. The zero-order chi connectivity index (χ0) is 16.1. The topological polar surface area (TPSA) is 121 Å². The molecular weight excluding hydrogens is 286 g/mol. The summed E-state index contributed by atoms with van der Waals surface area (Å²) < 4.78 is 29.6. The van der Waals surface area contributed by atoms with Crippen LogP contribution < -0.4 is 5.32 Å². The molecule has 2 unspecified atom stereocenters. The van der Waals surface area contributed by atoms with Gasteiger partial charge >= 0.3 is 5.97 Å². The highest BCUT2D eigenvalue weighted by atomic mass is 32.2.